The fraction of sp³-hybridized carbons (Fsp3) is 0.188. The van der Waals surface area contributed by atoms with Gasteiger partial charge in [0.1, 0.15) is 0 Å². The van der Waals surface area contributed by atoms with Gasteiger partial charge in [0.25, 0.3) is 5.91 Å². The number of rotatable bonds is 4. The van der Waals surface area contributed by atoms with Crippen molar-refractivity contribution in [1.82, 2.24) is 15.3 Å². The van der Waals surface area contributed by atoms with Gasteiger partial charge in [-0.1, -0.05) is 30.3 Å². The van der Waals surface area contributed by atoms with E-state index in [2.05, 4.69) is 32.5 Å². The zero-order valence-corrected chi connectivity index (χ0v) is 11.6. The lowest BCUT2D eigenvalue weighted by Gasteiger charge is -2.12. The number of aromatic nitrogens is 1. The molecule has 1 amide bonds. The van der Waals surface area contributed by atoms with E-state index in [-0.39, 0.29) is 5.91 Å². The van der Waals surface area contributed by atoms with Crippen LogP contribution in [0.15, 0.2) is 53.8 Å². The number of benzene rings is 1. The number of nitrogens with zero attached hydrogens (tertiary/aromatic N) is 3. The molecule has 2 aromatic rings. The summed E-state index contributed by atoms with van der Waals surface area (Å²) in [6.45, 7) is 1.97. The van der Waals surface area contributed by atoms with E-state index in [0.29, 0.717) is 12.2 Å². The van der Waals surface area contributed by atoms with Crippen molar-refractivity contribution in [2.45, 2.75) is 13.1 Å². The zero-order chi connectivity index (χ0) is 14.5. The first kappa shape index (κ1) is 13.5. The smallest absolute Gasteiger partial charge is 0.254 e. The van der Waals surface area contributed by atoms with Crippen LogP contribution in [0.25, 0.3) is 0 Å². The van der Waals surface area contributed by atoms with Gasteiger partial charge in [0, 0.05) is 19.3 Å². The molecular weight excluding hydrogens is 264 g/mol. The highest BCUT2D eigenvalue weighted by molar-refractivity contribution is 5.81. The standard InChI is InChI=1S/C16H16N4O/c21-16(19-18-9-15-7-3-4-8-17-15)12-20-10-13-5-1-2-6-14(13)11-20/h1-9H,10-12H2,(H,19,21)/b18-9+. The summed E-state index contributed by atoms with van der Waals surface area (Å²) in [4.78, 5) is 18.0. The highest BCUT2D eigenvalue weighted by Crippen LogP contribution is 2.21. The zero-order valence-electron chi connectivity index (χ0n) is 11.6. The summed E-state index contributed by atoms with van der Waals surface area (Å²) < 4.78 is 0. The fourth-order valence-corrected chi connectivity index (χ4v) is 2.38. The molecule has 1 aliphatic rings. The second kappa shape index (κ2) is 6.28. The number of hydrazone groups is 1. The van der Waals surface area contributed by atoms with Crippen molar-refractivity contribution in [3.8, 4) is 0 Å². The van der Waals surface area contributed by atoms with Gasteiger partial charge < -0.3 is 0 Å². The topological polar surface area (TPSA) is 57.6 Å². The summed E-state index contributed by atoms with van der Waals surface area (Å²) in [5.41, 5.74) is 5.84. The third-order valence-electron chi connectivity index (χ3n) is 3.35. The Bertz CT molecular complexity index is 629. The third kappa shape index (κ3) is 3.52. The van der Waals surface area contributed by atoms with Crippen LogP contribution in [-0.2, 0) is 17.9 Å². The normalized spacial score (nSPS) is 14.3. The Morgan fingerprint density at radius 3 is 2.57 bits per heavy atom. The van der Waals surface area contributed by atoms with E-state index in [1.807, 2.05) is 30.3 Å². The molecule has 0 unspecified atom stereocenters. The summed E-state index contributed by atoms with van der Waals surface area (Å²) in [7, 11) is 0. The van der Waals surface area contributed by atoms with Crippen molar-refractivity contribution in [3.05, 3.63) is 65.5 Å². The van der Waals surface area contributed by atoms with Crippen molar-refractivity contribution in [3.63, 3.8) is 0 Å². The van der Waals surface area contributed by atoms with Crippen LogP contribution in [0.2, 0.25) is 0 Å². The van der Waals surface area contributed by atoms with E-state index in [9.17, 15) is 4.79 Å². The SMILES string of the molecule is O=C(CN1Cc2ccccc2C1)N/N=C/c1ccccn1. The van der Waals surface area contributed by atoms with Crippen LogP contribution < -0.4 is 5.43 Å². The molecule has 1 aromatic heterocycles. The monoisotopic (exact) mass is 280 g/mol. The Morgan fingerprint density at radius 2 is 1.90 bits per heavy atom. The summed E-state index contributed by atoms with van der Waals surface area (Å²) in [6, 6.07) is 13.8. The molecule has 0 saturated carbocycles. The van der Waals surface area contributed by atoms with E-state index in [4.69, 9.17) is 0 Å². The third-order valence-corrected chi connectivity index (χ3v) is 3.35. The maximum atomic E-state index is 11.9. The first-order valence-electron chi connectivity index (χ1n) is 6.83. The number of pyridine rings is 1. The predicted molar refractivity (Wildman–Crippen MR) is 80.5 cm³/mol. The molecule has 3 rings (SSSR count). The molecule has 0 fully saturated rings. The predicted octanol–water partition coefficient (Wildman–Crippen LogP) is 1.55. The molecule has 1 aromatic carbocycles. The number of amides is 1. The van der Waals surface area contributed by atoms with Crippen LogP contribution >= 0.6 is 0 Å². The average molecular weight is 280 g/mol. The van der Waals surface area contributed by atoms with Gasteiger partial charge in [-0.25, -0.2) is 5.43 Å². The second-order valence-corrected chi connectivity index (χ2v) is 4.96. The van der Waals surface area contributed by atoms with E-state index in [1.165, 1.54) is 17.3 Å². The number of carbonyl (C=O) groups is 1. The maximum absolute atomic E-state index is 11.9. The molecule has 0 spiro atoms. The fourth-order valence-electron chi connectivity index (χ4n) is 2.38. The van der Waals surface area contributed by atoms with Crippen molar-refractivity contribution in [2.24, 2.45) is 5.10 Å². The molecule has 1 aliphatic heterocycles. The summed E-state index contributed by atoms with van der Waals surface area (Å²) in [5, 5.41) is 3.92. The lowest BCUT2D eigenvalue weighted by atomic mass is 10.1. The Balaban J connectivity index is 1.49. The lowest BCUT2D eigenvalue weighted by molar-refractivity contribution is -0.122. The largest absolute Gasteiger partial charge is 0.286 e. The van der Waals surface area contributed by atoms with Gasteiger partial charge in [-0.3, -0.25) is 14.7 Å². The van der Waals surface area contributed by atoms with E-state index >= 15 is 0 Å². The molecule has 5 heteroatoms. The molecule has 5 nitrogen and oxygen atoms in total. The van der Waals surface area contributed by atoms with Crippen LogP contribution in [-0.4, -0.2) is 28.6 Å². The molecular formula is C16H16N4O. The van der Waals surface area contributed by atoms with Crippen LogP contribution in [0.5, 0.6) is 0 Å². The van der Waals surface area contributed by atoms with E-state index < -0.39 is 0 Å². The molecule has 1 N–H and O–H groups in total. The molecule has 0 bridgehead atoms. The molecule has 0 radical (unpaired) electrons. The summed E-state index contributed by atoms with van der Waals surface area (Å²) in [5.74, 6) is -0.116. The Labute approximate surface area is 123 Å². The van der Waals surface area contributed by atoms with Crippen LogP contribution in [0, 0.1) is 0 Å². The molecule has 2 heterocycles. The van der Waals surface area contributed by atoms with Crippen molar-refractivity contribution >= 4 is 12.1 Å². The molecule has 106 valence electrons. The number of hydrogen-bond acceptors (Lipinski definition) is 4. The highest BCUT2D eigenvalue weighted by atomic mass is 16.2. The summed E-state index contributed by atoms with van der Waals surface area (Å²) in [6.07, 6.45) is 3.22. The minimum Gasteiger partial charge on any atom is -0.286 e. The lowest BCUT2D eigenvalue weighted by Crippen LogP contribution is -2.32. The number of carbonyl (C=O) groups excluding carboxylic acids is 1. The van der Waals surface area contributed by atoms with Gasteiger partial charge >= 0.3 is 0 Å². The van der Waals surface area contributed by atoms with E-state index in [0.717, 1.165) is 13.1 Å². The molecule has 0 saturated heterocycles. The van der Waals surface area contributed by atoms with Crippen LogP contribution in [0.4, 0.5) is 0 Å². The quantitative estimate of drug-likeness (QED) is 0.683. The Kier molecular flexibility index (Phi) is 4.02. The van der Waals surface area contributed by atoms with Crippen molar-refractivity contribution in [1.29, 1.82) is 0 Å². The number of hydrogen-bond donors (Lipinski definition) is 1. The first-order valence-corrected chi connectivity index (χ1v) is 6.83. The van der Waals surface area contributed by atoms with Gasteiger partial charge in [0.2, 0.25) is 0 Å². The van der Waals surface area contributed by atoms with Crippen molar-refractivity contribution in [2.75, 3.05) is 6.54 Å². The maximum Gasteiger partial charge on any atom is 0.254 e. The molecule has 0 atom stereocenters. The number of nitrogens with one attached hydrogen (secondary N) is 1. The van der Waals surface area contributed by atoms with E-state index in [1.54, 1.807) is 6.20 Å². The molecule has 21 heavy (non-hydrogen) atoms. The highest BCUT2D eigenvalue weighted by Gasteiger charge is 2.19. The van der Waals surface area contributed by atoms with Gasteiger partial charge in [-0.2, -0.15) is 5.10 Å². The van der Waals surface area contributed by atoms with Crippen LogP contribution in [0.3, 0.4) is 0 Å². The van der Waals surface area contributed by atoms with Crippen LogP contribution in [0.1, 0.15) is 16.8 Å². The van der Waals surface area contributed by atoms with Gasteiger partial charge in [0.15, 0.2) is 0 Å². The Morgan fingerprint density at radius 1 is 1.19 bits per heavy atom. The summed E-state index contributed by atoms with van der Waals surface area (Å²) >= 11 is 0. The first-order chi connectivity index (χ1) is 10.3. The van der Waals surface area contributed by atoms with Gasteiger partial charge in [-0.15, -0.1) is 0 Å². The Hall–Kier alpha value is -2.53. The second-order valence-electron chi connectivity index (χ2n) is 4.96. The van der Waals surface area contributed by atoms with Gasteiger partial charge in [-0.05, 0) is 23.3 Å². The minimum absolute atomic E-state index is 0.116. The molecule has 0 aliphatic carbocycles. The van der Waals surface area contributed by atoms with Crippen molar-refractivity contribution < 1.29 is 4.79 Å². The number of fused-ring (bicyclic) bond motifs is 1. The van der Waals surface area contributed by atoms with Gasteiger partial charge in [0.05, 0.1) is 18.5 Å². The minimum atomic E-state index is -0.116. The average Bonchev–Trinajstić information content (AvgIpc) is 2.90.